The zero-order valence-corrected chi connectivity index (χ0v) is 17.6. The minimum absolute atomic E-state index is 0.0245. The number of aryl methyl sites for hydroxylation is 1. The molecular weight excluding hydrogens is 402 g/mol. The average molecular weight is 426 g/mol. The van der Waals surface area contributed by atoms with Gasteiger partial charge in [-0.2, -0.15) is 5.10 Å². The van der Waals surface area contributed by atoms with Crippen LogP contribution in [0.4, 0.5) is 5.69 Å². The number of nitrogens with zero attached hydrogens (tertiary/aromatic N) is 2. The van der Waals surface area contributed by atoms with Gasteiger partial charge >= 0.3 is 0 Å². The monoisotopic (exact) mass is 425 g/mol. The first-order chi connectivity index (χ1) is 14.4. The van der Waals surface area contributed by atoms with Gasteiger partial charge in [-0.1, -0.05) is 18.2 Å². The Morgan fingerprint density at radius 2 is 1.90 bits per heavy atom. The van der Waals surface area contributed by atoms with E-state index in [9.17, 15) is 13.2 Å². The second kappa shape index (κ2) is 7.95. The van der Waals surface area contributed by atoms with E-state index in [1.54, 1.807) is 17.9 Å². The third kappa shape index (κ3) is 4.09. The summed E-state index contributed by atoms with van der Waals surface area (Å²) in [7, 11) is -1.51. The van der Waals surface area contributed by atoms with Crippen LogP contribution in [0.5, 0.6) is 5.75 Å². The molecule has 1 aliphatic rings. The Morgan fingerprint density at radius 3 is 2.53 bits per heavy atom. The van der Waals surface area contributed by atoms with Crippen molar-refractivity contribution in [1.82, 2.24) is 9.78 Å². The molecule has 7 nitrogen and oxygen atoms in total. The second-order valence-electron chi connectivity index (χ2n) is 7.41. The van der Waals surface area contributed by atoms with Crippen molar-refractivity contribution in [3.05, 3.63) is 65.9 Å². The predicted octanol–water partition coefficient (Wildman–Crippen LogP) is 3.48. The standard InChI is InChI=1S/C22H23N3O4S/c1-15-5-3-4-6-19(15)23-22(26)20-13-21(16-7-9-18(29-2)10-8-16)25(24-20)17-11-12-30(27,28)14-17/h3-10,13,17H,11-12,14H2,1-2H3,(H,23,26)/t17-/m0/s1. The summed E-state index contributed by atoms with van der Waals surface area (Å²) in [5.41, 5.74) is 3.44. The molecule has 1 fully saturated rings. The molecule has 3 aromatic rings. The molecule has 1 amide bonds. The van der Waals surface area contributed by atoms with E-state index in [2.05, 4.69) is 10.4 Å². The van der Waals surface area contributed by atoms with Crippen molar-refractivity contribution in [2.45, 2.75) is 19.4 Å². The first kappa shape index (κ1) is 20.2. The molecule has 30 heavy (non-hydrogen) atoms. The highest BCUT2D eigenvalue weighted by atomic mass is 32.2. The minimum atomic E-state index is -3.10. The Labute approximate surface area is 175 Å². The first-order valence-corrected chi connectivity index (χ1v) is 11.5. The van der Waals surface area contributed by atoms with E-state index in [0.29, 0.717) is 23.6 Å². The number of amides is 1. The summed E-state index contributed by atoms with van der Waals surface area (Å²) >= 11 is 0. The third-order valence-electron chi connectivity index (χ3n) is 5.30. The molecule has 1 aromatic heterocycles. The minimum Gasteiger partial charge on any atom is -0.497 e. The summed E-state index contributed by atoms with van der Waals surface area (Å²) in [5, 5.41) is 7.40. The Kier molecular flexibility index (Phi) is 5.34. The van der Waals surface area contributed by atoms with Crippen LogP contribution in [0.25, 0.3) is 11.3 Å². The predicted molar refractivity (Wildman–Crippen MR) is 116 cm³/mol. The van der Waals surface area contributed by atoms with Crippen molar-refractivity contribution in [3.63, 3.8) is 0 Å². The number of carbonyl (C=O) groups is 1. The molecule has 0 bridgehead atoms. The van der Waals surface area contributed by atoms with Gasteiger partial charge in [-0.25, -0.2) is 8.42 Å². The summed E-state index contributed by atoms with van der Waals surface area (Å²) in [5.74, 6) is 0.533. The summed E-state index contributed by atoms with van der Waals surface area (Å²) in [6.07, 6.45) is 0.478. The Balaban J connectivity index is 1.71. The molecule has 4 rings (SSSR count). The van der Waals surface area contributed by atoms with Crippen molar-refractivity contribution >= 4 is 21.4 Å². The van der Waals surface area contributed by atoms with Crippen LogP contribution in [0.1, 0.15) is 28.5 Å². The quantitative estimate of drug-likeness (QED) is 0.676. The SMILES string of the molecule is COc1ccc(-c2cc(C(=O)Nc3ccccc3C)nn2[C@H]2CCS(=O)(=O)C2)cc1. The van der Waals surface area contributed by atoms with Crippen molar-refractivity contribution in [1.29, 1.82) is 0 Å². The van der Waals surface area contributed by atoms with Crippen LogP contribution in [0.2, 0.25) is 0 Å². The van der Waals surface area contributed by atoms with Crippen LogP contribution in [-0.2, 0) is 9.84 Å². The van der Waals surface area contributed by atoms with Crippen LogP contribution in [0.3, 0.4) is 0 Å². The van der Waals surface area contributed by atoms with Crippen LogP contribution >= 0.6 is 0 Å². The van der Waals surface area contributed by atoms with E-state index in [0.717, 1.165) is 11.1 Å². The van der Waals surface area contributed by atoms with Crippen molar-refractivity contribution in [2.75, 3.05) is 23.9 Å². The van der Waals surface area contributed by atoms with E-state index in [1.165, 1.54) is 0 Å². The normalized spacial score (nSPS) is 17.6. The van der Waals surface area contributed by atoms with E-state index < -0.39 is 9.84 Å². The van der Waals surface area contributed by atoms with Crippen molar-refractivity contribution in [2.24, 2.45) is 0 Å². The molecule has 0 spiro atoms. The number of hydrogen-bond acceptors (Lipinski definition) is 5. The highest BCUT2D eigenvalue weighted by Crippen LogP contribution is 2.31. The van der Waals surface area contributed by atoms with Crippen LogP contribution in [0.15, 0.2) is 54.6 Å². The lowest BCUT2D eigenvalue weighted by Gasteiger charge is -2.13. The number of ether oxygens (including phenoxy) is 1. The molecule has 0 unspecified atom stereocenters. The number of sulfone groups is 1. The first-order valence-electron chi connectivity index (χ1n) is 9.68. The fourth-order valence-electron chi connectivity index (χ4n) is 3.63. The molecular formula is C22H23N3O4S. The van der Waals surface area contributed by atoms with Gasteiger partial charge in [0, 0.05) is 11.3 Å². The highest BCUT2D eigenvalue weighted by Gasteiger charge is 2.32. The zero-order chi connectivity index (χ0) is 21.3. The average Bonchev–Trinajstić information content (AvgIpc) is 3.33. The Hall–Kier alpha value is -3.13. The molecule has 1 saturated heterocycles. The number of para-hydroxylation sites is 1. The lowest BCUT2D eigenvalue weighted by atomic mass is 10.1. The zero-order valence-electron chi connectivity index (χ0n) is 16.8. The van der Waals surface area contributed by atoms with Gasteiger partial charge in [0.1, 0.15) is 5.75 Å². The molecule has 1 aliphatic heterocycles. The number of carbonyl (C=O) groups excluding carboxylic acids is 1. The Bertz CT molecular complexity index is 1180. The summed E-state index contributed by atoms with van der Waals surface area (Å²) in [6, 6.07) is 16.3. The maximum atomic E-state index is 12.9. The molecule has 156 valence electrons. The van der Waals surface area contributed by atoms with E-state index >= 15 is 0 Å². The van der Waals surface area contributed by atoms with E-state index in [-0.39, 0.29) is 29.1 Å². The van der Waals surface area contributed by atoms with Gasteiger partial charge in [0.25, 0.3) is 5.91 Å². The second-order valence-corrected chi connectivity index (χ2v) is 9.64. The fraction of sp³-hybridized carbons (Fsp3) is 0.273. The van der Waals surface area contributed by atoms with Gasteiger partial charge in [0.2, 0.25) is 0 Å². The van der Waals surface area contributed by atoms with Crippen LogP contribution in [0, 0.1) is 6.92 Å². The molecule has 0 saturated carbocycles. The highest BCUT2D eigenvalue weighted by molar-refractivity contribution is 7.91. The smallest absolute Gasteiger partial charge is 0.276 e. The van der Waals surface area contributed by atoms with Gasteiger partial charge in [0.15, 0.2) is 15.5 Å². The van der Waals surface area contributed by atoms with Gasteiger partial charge in [-0.15, -0.1) is 0 Å². The molecule has 1 N–H and O–H groups in total. The van der Waals surface area contributed by atoms with Gasteiger partial charge in [0.05, 0.1) is 30.4 Å². The molecule has 8 heteroatoms. The molecule has 1 atom stereocenters. The topological polar surface area (TPSA) is 90.3 Å². The molecule has 0 aliphatic carbocycles. The number of nitrogens with one attached hydrogen (secondary N) is 1. The van der Waals surface area contributed by atoms with Gasteiger partial charge in [-0.05, 0) is 55.3 Å². The summed E-state index contributed by atoms with van der Waals surface area (Å²) < 4.78 is 31.0. The van der Waals surface area contributed by atoms with E-state index in [4.69, 9.17) is 4.74 Å². The molecule has 0 radical (unpaired) electrons. The van der Waals surface area contributed by atoms with Gasteiger partial charge < -0.3 is 10.1 Å². The number of benzene rings is 2. The summed E-state index contributed by atoms with van der Waals surface area (Å²) in [6.45, 7) is 1.92. The Morgan fingerprint density at radius 1 is 1.17 bits per heavy atom. The number of rotatable bonds is 5. The third-order valence-corrected chi connectivity index (χ3v) is 7.05. The lowest BCUT2D eigenvalue weighted by Crippen LogP contribution is -2.17. The molecule has 2 heterocycles. The van der Waals surface area contributed by atoms with E-state index in [1.807, 2.05) is 55.5 Å². The summed E-state index contributed by atoms with van der Waals surface area (Å²) in [4.78, 5) is 12.9. The fourth-order valence-corrected chi connectivity index (χ4v) is 5.32. The van der Waals surface area contributed by atoms with Crippen LogP contribution in [-0.4, -0.2) is 42.7 Å². The number of anilines is 1. The van der Waals surface area contributed by atoms with Gasteiger partial charge in [-0.3, -0.25) is 9.48 Å². The number of hydrogen-bond donors (Lipinski definition) is 1. The van der Waals surface area contributed by atoms with Crippen molar-refractivity contribution in [3.8, 4) is 17.0 Å². The number of aromatic nitrogens is 2. The maximum absolute atomic E-state index is 12.9. The number of methoxy groups -OCH3 is 1. The van der Waals surface area contributed by atoms with Crippen molar-refractivity contribution < 1.29 is 17.9 Å². The van der Waals surface area contributed by atoms with Crippen LogP contribution < -0.4 is 10.1 Å². The molecule has 2 aromatic carbocycles. The maximum Gasteiger partial charge on any atom is 0.276 e. The lowest BCUT2D eigenvalue weighted by molar-refractivity contribution is 0.102. The largest absolute Gasteiger partial charge is 0.497 e.